The summed E-state index contributed by atoms with van der Waals surface area (Å²) in [7, 11) is 0. The zero-order valence-corrected chi connectivity index (χ0v) is 14.3. The van der Waals surface area contributed by atoms with Crippen LogP contribution < -0.4 is 10.6 Å². The molecule has 0 fully saturated rings. The molecule has 0 radical (unpaired) electrons. The second kappa shape index (κ2) is 8.66. The average Bonchev–Trinajstić information content (AvgIpc) is 2.59. The van der Waals surface area contributed by atoms with Crippen molar-refractivity contribution in [3.63, 3.8) is 0 Å². The number of carboxylic acid groups (broad SMARTS) is 2. The molecule has 7 heteroatoms. The molecule has 0 aromatic heterocycles. The number of carboxylic acids is 2. The average molecular weight is 356 g/mol. The van der Waals surface area contributed by atoms with Gasteiger partial charge in [-0.15, -0.1) is 0 Å². The van der Waals surface area contributed by atoms with E-state index >= 15 is 0 Å². The van der Waals surface area contributed by atoms with Gasteiger partial charge in [-0.2, -0.15) is 0 Å². The van der Waals surface area contributed by atoms with Gasteiger partial charge in [-0.25, -0.2) is 14.4 Å². The number of hydrogen-bond acceptors (Lipinski definition) is 3. The third kappa shape index (κ3) is 5.34. The van der Waals surface area contributed by atoms with E-state index in [1.165, 1.54) is 12.1 Å². The lowest BCUT2D eigenvalue weighted by molar-refractivity contribution is 0.0696. The first-order valence-electron chi connectivity index (χ1n) is 8.17. The number of anilines is 2. The van der Waals surface area contributed by atoms with E-state index in [2.05, 4.69) is 17.6 Å². The van der Waals surface area contributed by atoms with E-state index in [0.717, 1.165) is 30.9 Å². The second-order valence-corrected chi connectivity index (χ2v) is 5.79. The number of rotatable bonds is 7. The van der Waals surface area contributed by atoms with Gasteiger partial charge < -0.3 is 20.8 Å². The van der Waals surface area contributed by atoms with E-state index in [1.807, 2.05) is 18.2 Å². The van der Waals surface area contributed by atoms with Crippen LogP contribution in [0.5, 0.6) is 0 Å². The van der Waals surface area contributed by atoms with Crippen molar-refractivity contribution >= 4 is 29.3 Å². The summed E-state index contributed by atoms with van der Waals surface area (Å²) in [6, 6.07) is 10.3. The molecule has 0 aliphatic carbocycles. The fourth-order valence-corrected chi connectivity index (χ4v) is 2.43. The van der Waals surface area contributed by atoms with Gasteiger partial charge in [-0.3, -0.25) is 0 Å². The minimum Gasteiger partial charge on any atom is -0.478 e. The highest BCUT2D eigenvalue weighted by molar-refractivity contribution is 6.02. The molecule has 26 heavy (non-hydrogen) atoms. The Morgan fingerprint density at radius 3 is 2.08 bits per heavy atom. The Morgan fingerprint density at radius 1 is 0.885 bits per heavy atom. The molecule has 136 valence electrons. The van der Waals surface area contributed by atoms with Crippen LogP contribution in [0, 0.1) is 0 Å². The van der Waals surface area contributed by atoms with Gasteiger partial charge in [-0.1, -0.05) is 25.5 Å². The first-order chi connectivity index (χ1) is 12.4. The highest BCUT2D eigenvalue weighted by Crippen LogP contribution is 2.17. The first kappa shape index (κ1) is 19.0. The van der Waals surface area contributed by atoms with Gasteiger partial charge in [0.05, 0.1) is 11.1 Å². The minimum absolute atomic E-state index is 0.0851. The second-order valence-electron chi connectivity index (χ2n) is 5.79. The number of carbonyl (C=O) groups is 3. The number of urea groups is 1. The lowest BCUT2D eigenvalue weighted by Gasteiger charge is -2.10. The van der Waals surface area contributed by atoms with Crippen molar-refractivity contribution < 1.29 is 24.6 Å². The molecule has 0 spiro atoms. The number of nitrogens with one attached hydrogen (secondary N) is 2. The van der Waals surface area contributed by atoms with Crippen LogP contribution in [0.1, 0.15) is 46.0 Å². The number of aromatic carboxylic acids is 2. The Labute approximate surface area is 150 Å². The van der Waals surface area contributed by atoms with Gasteiger partial charge in [0, 0.05) is 11.4 Å². The van der Waals surface area contributed by atoms with Crippen molar-refractivity contribution in [2.24, 2.45) is 0 Å². The Balaban J connectivity index is 2.12. The lowest BCUT2D eigenvalue weighted by atomic mass is 10.1. The summed E-state index contributed by atoms with van der Waals surface area (Å²) in [5, 5.41) is 23.3. The third-order valence-electron chi connectivity index (χ3n) is 3.69. The van der Waals surface area contributed by atoms with Crippen molar-refractivity contribution in [2.75, 3.05) is 10.6 Å². The standard InChI is InChI=1S/C19H20N2O5/c1-2-3-5-12-6-4-7-15(8-12)20-19(26)21-16-10-13(17(22)23)9-14(11-16)18(24)25/h4,6-11H,2-3,5H2,1H3,(H,22,23)(H,24,25)(H2,20,21,26). The predicted octanol–water partition coefficient (Wildman–Crippen LogP) is 4.07. The summed E-state index contributed by atoms with van der Waals surface area (Å²) >= 11 is 0. The van der Waals surface area contributed by atoms with E-state index in [-0.39, 0.29) is 16.8 Å². The van der Waals surface area contributed by atoms with Crippen LogP contribution in [0.3, 0.4) is 0 Å². The maximum atomic E-state index is 12.2. The Hall–Kier alpha value is -3.35. The summed E-state index contributed by atoms with van der Waals surface area (Å²) in [6.45, 7) is 2.10. The quantitative estimate of drug-likeness (QED) is 0.597. The normalized spacial score (nSPS) is 10.2. The van der Waals surface area contributed by atoms with Gasteiger partial charge in [0.1, 0.15) is 0 Å². The summed E-state index contributed by atoms with van der Waals surface area (Å²) in [6.07, 6.45) is 3.04. The molecule has 4 N–H and O–H groups in total. The molecule has 0 saturated carbocycles. The van der Waals surface area contributed by atoms with Crippen molar-refractivity contribution in [1.82, 2.24) is 0 Å². The van der Waals surface area contributed by atoms with Gasteiger partial charge >= 0.3 is 18.0 Å². The number of aryl methyl sites for hydroxylation is 1. The fraction of sp³-hybridized carbons (Fsp3) is 0.211. The van der Waals surface area contributed by atoms with Crippen LogP contribution in [-0.2, 0) is 6.42 Å². The maximum absolute atomic E-state index is 12.2. The van der Waals surface area contributed by atoms with Crippen molar-refractivity contribution in [3.8, 4) is 0 Å². The van der Waals surface area contributed by atoms with Crippen LogP contribution >= 0.6 is 0 Å². The zero-order valence-electron chi connectivity index (χ0n) is 14.3. The van der Waals surface area contributed by atoms with Crippen LogP contribution in [-0.4, -0.2) is 28.2 Å². The molecule has 0 saturated heterocycles. The fourth-order valence-electron chi connectivity index (χ4n) is 2.43. The van der Waals surface area contributed by atoms with Gasteiger partial charge in [0.2, 0.25) is 0 Å². The minimum atomic E-state index is -1.28. The molecule has 7 nitrogen and oxygen atoms in total. The van der Waals surface area contributed by atoms with Crippen LogP contribution in [0.2, 0.25) is 0 Å². The SMILES string of the molecule is CCCCc1cccc(NC(=O)Nc2cc(C(=O)O)cc(C(=O)O)c2)c1. The molecule has 2 amide bonds. The number of hydrogen-bond donors (Lipinski definition) is 4. The molecule has 2 aromatic carbocycles. The molecule has 0 bridgehead atoms. The highest BCUT2D eigenvalue weighted by atomic mass is 16.4. The van der Waals surface area contributed by atoms with Gasteiger partial charge in [-0.05, 0) is 48.7 Å². The summed E-state index contributed by atoms with van der Waals surface area (Å²) in [5.74, 6) is -2.56. The smallest absolute Gasteiger partial charge is 0.335 e. The monoisotopic (exact) mass is 356 g/mol. The molecule has 0 unspecified atom stereocenters. The van der Waals surface area contributed by atoms with Crippen molar-refractivity contribution in [2.45, 2.75) is 26.2 Å². The Morgan fingerprint density at radius 2 is 1.50 bits per heavy atom. The largest absolute Gasteiger partial charge is 0.478 e. The molecule has 0 heterocycles. The summed E-state index contributed by atoms with van der Waals surface area (Å²) in [4.78, 5) is 34.4. The molecule has 0 aliphatic heterocycles. The number of carbonyl (C=O) groups excluding carboxylic acids is 1. The van der Waals surface area contributed by atoms with E-state index in [9.17, 15) is 14.4 Å². The molecule has 0 atom stereocenters. The van der Waals surface area contributed by atoms with Crippen LogP contribution in [0.4, 0.5) is 16.2 Å². The van der Waals surface area contributed by atoms with E-state index in [1.54, 1.807) is 6.07 Å². The highest BCUT2D eigenvalue weighted by Gasteiger charge is 2.13. The van der Waals surface area contributed by atoms with Gasteiger partial charge in [0.25, 0.3) is 0 Å². The number of amides is 2. The lowest BCUT2D eigenvalue weighted by Crippen LogP contribution is -2.20. The molecule has 2 aromatic rings. The molecular formula is C19H20N2O5. The predicted molar refractivity (Wildman–Crippen MR) is 98.1 cm³/mol. The van der Waals surface area contributed by atoms with Crippen LogP contribution in [0.15, 0.2) is 42.5 Å². The Kier molecular flexibility index (Phi) is 6.32. The van der Waals surface area contributed by atoms with Crippen LogP contribution in [0.25, 0.3) is 0 Å². The van der Waals surface area contributed by atoms with E-state index < -0.39 is 18.0 Å². The maximum Gasteiger partial charge on any atom is 0.335 e. The topological polar surface area (TPSA) is 116 Å². The van der Waals surface area contributed by atoms with Crippen molar-refractivity contribution in [3.05, 3.63) is 59.2 Å². The van der Waals surface area contributed by atoms with E-state index in [0.29, 0.717) is 5.69 Å². The number of unbranched alkanes of at least 4 members (excludes halogenated alkanes) is 1. The Bertz CT molecular complexity index is 800. The van der Waals surface area contributed by atoms with Crippen molar-refractivity contribution in [1.29, 1.82) is 0 Å². The molecule has 0 aliphatic rings. The third-order valence-corrected chi connectivity index (χ3v) is 3.69. The molecular weight excluding hydrogens is 336 g/mol. The summed E-state index contributed by atoms with van der Waals surface area (Å²) in [5.41, 5.74) is 1.35. The summed E-state index contributed by atoms with van der Waals surface area (Å²) < 4.78 is 0. The van der Waals surface area contributed by atoms with E-state index in [4.69, 9.17) is 10.2 Å². The molecule has 2 rings (SSSR count). The van der Waals surface area contributed by atoms with Gasteiger partial charge in [0.15, 0.2) is 0 Å². The zero-order chi connectivity index (χ0) is 19.1. The first-order valence-corrected chi connectivity index (χ1v) is 8.17. The number of benzene rings is 2.